The summed E-state index contributed by atoms with van der Waals surface area (Å²) in [5.41, 5.74) is 2.95. The number of Topliss-reactive ketones (excluding diaryl/α,β-unsaturated/α-hetero) is 2. The van der Waals surface area contributed by atoms with Crippen molar-refractivity contribution in [3.05, 3.63) is 101 Å². The molecule has 1 atom stereocenters. The molecule has 0 saturated carbocycles. The summed E-state index contributed by atoms with van der Waals surface area (Å²) in [7, 11) is 2.04. The molecule has 1 spiro atoms. The van der Waals surface area contributed by atoms with E-state index in [2.05, 4.69) is 43.0 Å². The molecule has 2 aliphatic rings. The molecule has 2 heterocycles. The molecule has 0 bridgehead atoms. The van der Waals surface area contributed by atoms with E-state index in [0.717, 1.165) is 11.3 Å². The van der Waals surface area contributed by atoms with Gasteiger partial charge in [0.05, 0.1) is 5.41 Å². The van der Waals surface area contributed by atoms with Crippen LogP contribution in [0.15, 0.2) is 78.9 Å². The highest BCUT2D eigenvalue weighted by atomic mass is 16.5. The molecule has 31 heavy (non-hydrogen) atoms. The Balaban J connectivity index is 1.49. The van der Waals surface area contributed by atoms with Gasteiger partial charge in [0.25, 0.3) is 0 Å². The average Bonchev–Trinajstić information content (AvgIpc) is 2.97. The predicted octanol–water partition coefficient (Wildman–Crippen LogP) is 5.28. The molecule has 0 aromatic heterocycles. The molecule has 0 saturated heterocycles. The summed E-state index contributed by atoms with van der Waals surface area (Å²) in [5, 5.41) is 0. The SMILES string of the molecule is CN1c2ccccc2C(C)(C)C12C=Cc1cc(C(=O)C(=O)c3ccccc3)ccc1O2. The van der Waals surface area contributed by atoms with Gasteiger partial charge >= 0.3 is 0 Å². The summed E-state index contributed by atoms with van der Waals surface area (Å²) < 4.78 is 6.61. The van der Waals surface area contributed by atoms with Crippen molar-refractivity contribution in [2.45, 2.75) is 25.0 Å². The molecule has 2 aliphatic heterocycles. The number of hydrogen-bond acceptors (Lipinski definition) is 4. The van der Waals surface area contributed by atoms with Crippen LogP contribution in [0.25, 0.3) is 6.08 Å². The maximum Gasteiger partial charge on any atom is 0.233 e. The number of anilines is 1. The number of fused-ring (bicyclic) bond motifs is 2. The topological polar surface area (TPSA) is 46.6 Å². The third-order valence-electron chi connectivity index (χ3n) is 6.60. The summed E-state index contributed by atoms with van der Waals surface area (Å²) in [5.74, 6) is -0.336. The number of para-hydroxylation sites is 1. The van der Waals surface area contributed by atoms with Gasteiger partial charge in [0.15, 0.2) is 0 Å². The maximum atomic E-state index is 12.8. The van der Waals surface area contributed by atoms with Gasteiger partial charge in [-0.1, -0.05) is 48.5 Å². The van der Waals surface area contributed by atoms with Gasteiger partial charge in [0.1, 0.15) is 5.75 Å². The number of likely N-dealkylation sites (N-methyl/N-ethyl adjacent to an activating group) is 1. The summed E-state index contributed by atoms with van der Waals surface area (Å²) in [6.45, 7) is 4.36. The lowest BCUT2D eigenvalue weighted by molar-refractivity contribution is 0.0581. The molecule has 5 rings (SSSR count). The first-order valence-corrected chi connectivity index (χ1v) is 10.3. The van der Waals surface area contributed by atoms with Gasteiger partial charge in [0, 0.05) is 29.4 Å². The van der Waals surface area contributed by atoms with Crippen LogP contribution in [0, 0.1) is 0 Å². The number of ether oxygens (including phenoxy) is 1. The van der Waals surface area contributed by atoms with Gasteiger partial charge in [-0.05, 0) is 55.8 Å². The van der Waals surface area contributed by atoms with E-state index in [-0.39, 0.29) is 5.41 Å². The molecule has 4 heteroatoms. The highest BCUT2D eigenvalue weighted by Gasteiger charge is 2.57. The second-order valence-electron chi connectivity index (χ2n) is 8.61. The minimum Gasteiger partial charge on any atom is -0.463 e. The van der Waals surface area contributed by atoms with Crippen molar-refractivity contribution in [2.24, 2.45) is 0 Å². The van der Waals surface area contributed by atoms with E-state index in [1.165, 1.54) is 5.56 Å². The molecule has 0 fully saturated rings. The van der Waals surface area contributed by atoms with Crippen LogP contribution < -0.4 is 9.64 Å². The Hall–Kier alpha value is -3.66. The first kappa shape index (κ1) is 19.3. The van der Waals surface area contributed by atoms with Crippen LogP contribution in [0.1, 0.15) is 45.7 Å². The Bertz CT molecular complexity index is 1240. The Morgan fingerprint density at radius 3 is 2.26 bits per heavy atom. The number of ketones is 2. The van der Waals surface area contributed by atoms with Gasteiger partial charge in [0.2, 0.25) is 17.3 Å². The van der Waals surface area contributed by atoms with Gasteiger partial charge < -0.3 is 9.64 Å². The summed E-state index contributed by atoms with van der Waals surface area (Å²) >= 11 is 0. The van der Waals surface area contributed by atoms with E-state index in [0.29, 0.717) is 16.9 Å². The van der Waals surface area contributed by atoms with Crippen LogP contribution >= 0.6 is 0 Å². The molecule has 4 nitrogen and oxygen atoms in total. The van der Waals surface area contributed by atoms with Crippen LogP contribution in [0.5, 0.6) is 5.75 Å². The fraction of sp³-hybridized carbons (Fsp3) is 0.185. The third-order valence-corrected chi connectivity index (χ3v) is 6.60. The summed E-state index contributed by atoms with van der Waals surface area (Å²) in [4.78, 5) is 27.5. The smallest absolute Gasteiger partial charge is 0.233 e. The van der Waals surface area contributed by atoms with Crippen LogP contribution in [-0.4, -0.2) is 24.3 Å². The Kier molecular flexibility index (Phi) is 4.16. The van der Waals surface area contributed by atoms with E-state index in [9.17, 15) is 9.59 Å². The molecule has 0 amide bonds. The minimum absolute atomic E-state index is 0.287. The lowest BCUT2D eigenvalue weighted by atomic mass is 9.76. The molecule has 154 valence electrons. The second kappa shape index (κ2) is 6.67. The average molecular weight is 409 g/mol. The fourth-order valence-electron chi connectivity index (χ4n) is 4.77. The quantitative estimate of drug-likeness (QED) is 0.436. The molecular formula is C27H23NO3. The molecule has 0 aliphatic carbocycles. The van der Waals surface area contributed by atoms with E-state index >= 15 is 0 Å². The normalized spacial score (nSPS) is 20.2. The van der Waals surface area contributed by atoms with E-state index in [1.807, 2.05) is 25.3 Å². The zero-order chi connectivity index (χ0) is 21.8. The molecule has 0 N–H and O–H groups in total. The van der Waals surface area contributed by atoms with Crippen molar-refractivity contribution >= 4 is 23.3 Å². The van der Waals surface area contributed by atoms with Crippen LogP contribution in [0.3, 0.4) is 0 Å². The number of carbonyl (C=O) groups excluding carboxylic acids is 2. The van der Waals surface area contributed by atoms with E-state index < -0.39 is 17.3 Å². The molecule has 3 aromatic carbocycles. The molecule has 0 radical (unpaired) electrons. The lowest BCUT2D eigenvalue weighted by Gasteiger charge is -2.45. The zero-order valence-electron chi connectivity index (χ0n) is 17.8. The highest BCUT2D eigenvalue weighted by molar-refractivity contribution is 6.49. The van der Waals surface area contributed by atoms with Crippen molar-refractivity contribution in [2.75, 3.05) is 11.9 Å². The molecule has 3 aromatic rings. The van der Waals surface area contributed by atoms with Crippen molar-refractivity contribution in [3.8, 4) is 5.75 Å². The summed E-state index contributed by atoms with van der Waals surface area (Å²) in [6, 6.07) is 22.2. The Morgan fingerprint density at radius 2 is 1.52 bits per heavy atom. The lowest BCUT2D eigenvalue weighted by Crippen LogP contribution is -2.58. The first-order valence-electron chi connectivity index (χ1n) is 10.3. The first-order chi connectivity index (χ1) is 14.8. The fourth-order valence-corrected chi connectivity index (χ4v) is 4.77. The number of rotatable bonds is 3. The van der Waals surface area contributed by atoms with Crippen molar-refractivity contribution in [1.82, 2.24) is 0 Å². The Morgan fingerprint density at radius 1 is 0.839 bits per heavy atom. The Labute approximate surface area is 181 Å². The number of nitrogens with zero attached hydrogens (tertiary/aromatic N) is 1. The van der Waals surface area contributed by atoms with Crippen molar-refractivity contribution in [1.29, 1.82) is 0 Å². The van der Waals surface area contributed by atoms with Crippen LogP contribution in [0.2, 0.25) is 0 Å². The monoisotopic (exact) mass is 409 g/mol. The predicted molar refractivity (Wildman–Crippen MR) is 122 cm³/mol. The second-order valence-corrected chi connectivity index (χ2v) is 8.61. The number of benzene rings is 3. The van der Waals surface area contributed by atoms with Gasteiger partial charge in [-0.15, -0.1) is 0 Å². The van der Waals surface area contributed by atoms with Gasteiger partial charge in [-0.25, -0.2) is 0 Å². The summed E-state index contributed by atoms with van der Waals surface area (Å²) in [6.07, 6.45) is 4.05. The standard InChI is InChI=1S/C27H23NO3/c1-26(2)21-11-7-8-12-22(21)28(3)27(26)16-15-19-17-20(13-14-23(19)31-27)25(30)24(29)18-9-5-4-6-10-18/h4-17H,1-3H3. The third kappa shape index (κ3) is 2.68. The van der Waals surface area contributed by atoms with Gasteiger partial charge in [-0.2, -0.15) is 0 Å². The van der Waals surface area contributed by atoms with Crippen molar-refractivity contribution in [3.63, 3.8) is 0 Å². The van der Waals surface area contributed by atoms with Gasteiger partial charge in [-0.3, -0.25) is 9.59 Å². The van der Waals surface area contributed by atoms with Crippen molar-refractivity contribution < 1.29 is 14.3 Å². The minimum atomic E-state index is -0.672. The largest absolute Gasteiger partial charge is 0.463 e. The molecular weight excluding hydrogens is 386 g/mol. The van der Waals surface area contributed by atoms with E-state index in [4.69, 9.17) is 4.74 Å². The molecule has 1 unspecified atom stereocenters. The van der Waals surface area contributed by atoms with Crippen LogP contribution in [-0.2, 0) is 5.41 Å². The number of carbonyl (C=O) groups is 2. The maximum absolute atomic E-state index is 12.8. The highest BCUT2D eigenvalue weighted by Crippen LogP contribution is 2.54. The van der Waals surface area contributed by atoms with E-state index in [1.54, 1.807) is 42.5 Å². The van der Waals surface area contributed by atoms with Crippen LogP contribution in [0.4, 0.5) is 5.69 Å². The zero-order valence-corrected chi connectivity index (χ0v) is 17.8. The number of hydrogen-bond donors (Lipinski definition) is 0.